The summed E-state index contributed by atoms with van der Waals surface area (Å²) in [6, 6.07) is 57.1. The topological polar surface area (TPSA) is 0 Å². The minimum Gasteiger partial charge on any atom is -0.147 e. The van der Waals surface area contributed by atoms with Crippen molar-refractivity contribution in [3.63, 3.8) is 0 Å². The number of hydrogen-bond donors (Lipinski definition) is 0. The molecule has 9 rings (SSSR count). The Morgan fingerprint density at radius 2 is 0.804 bits per heavy atom. The maximum Gasteiger partial charge on any atom is -0.147 e. The van der Waals surface area contributed by atoms with Crippen LogP contribution in [0.1, 0.15) is 43.5 Å². The number of rotatable bonds is 5. The minimum atomic E-state index is -4.35. The minimum absolute atomic E-state index is 0. The summed E-state index contributed by atoms with van der Waals surface area (Å²) in [5.74, 6) is 0. The molecule has 4 heteroatoms. The molecule has 0 aromatic heterocycles. The van der Waals surface area contributed by atoms with Gasteiger partial charge in [-0.1, -0.05) is 0 Å². The van der Waals surface area contributed by atoms with Gasteiger partial charge in [0, 0.05) is 0 Å². The van der Waals surface area contributed by atoms with E-state index >= 15 is 0 Å². The van der Waals surface area contributed by atoms with Crippen molar-refractivity contribution >= 4 is 68.8 Å². The van der Waals surface area contributed by atoms with Crippen LogP contribution in [0.3, 0.4) is 0 Å². The van der Waals surface area contributed by atoms with Crippen LogP contribution in [0.15, 0.2) is 163 Å². The van der Waals surface area contributed by atoms with Crippen molar-refractivity contribution in [1.82, 2.24) is 0 Å². The second-order valence-corrected chi connectivity index (χ2v) is 52.4. The van der Waals surface area contributed by atoms with Crippen LogP contribution < -0.4 is 3.32 Å². The van der Waals surface area contributed by atoms with Crippen LogP contribution in [0.25, 0.3) is 56.0 Å². The Hall–Kier alpha value is -3.79. The van der Waals surface area contributed by atoms with Crippen LogP contribution in [0.2, 0.25) is 4.68 Å². The Labute approximate surface area is 316 Å². The standard InChI is InChI=1S/2C20H15.C6H5.CH3.2ClH.Hf.H2Si/c2*1-14-12-16-8-5-11-19(20(16)13-14)18-10-4-7-15-6-2-3-9-17(15)18;1-2-4-6-5-3-1;;;;;/h2*2-13H,1H3;1-5H;1H3;2*1H;;1H2. The van der Waals surface area contributed by atoms with Crippen molar-refractivity contribution in [1.29, 1.82) is 0 Å². The molecule has 0 aliphatic heterocycles. The molecular weight excluding hydrogens is 842 g/mol. The monoisotopic (exact) mass is 884 g/mol. The summed E-state index contributed by atoms with van der Waals surface area (Å²) in [7, 11) is 0. The molecule has 7 aromatic rings. The molecule has 0 amide bonds. The summed E-state index contributed by atoms with van der Waals surface area (Å²) in [6.07, 6.45) is 5.10. The van der Waals surface area contributed by atoms with Crippen molar-refractivity contribution in [3.05, 3.63) is 185 Å². The first kappa shape index (κ1) is 35.6. The molecule has 0 saturated carbocycles. The summed E-state index contributed by atoms with van der Waals surface area (Å²) in [6.45, 7) is 7.30. The van der Waals surface area contributed by atoms with E-state index in [1.165, 1.54) is 77.2 Å². The molecule has 2 aliphatic rings. The predicted molar refractivity (Wildman–Crippen MR) is 227 cm³/mol. The van der Waals surface area contributed by atoms with Gasteiger partial charge in [0.1, 0.15) is 0 Å². The predicted octanol–water partition coefficient (Wildman–Crippen LogP) is 12.4. The molecular formula is C47H42Cl2HfSi. The zero-order valence-corrected chi connectivity index (χ0v) is 35.9. The largest absolute Gasteiger partial charge is 0.147 e. The third-order valence-electron chi connectivity index (χ3n) is 11.9. The maximum atomic E-state index is 2.79. The Morgan fingerprint density at radius 1 is 0.431 bits per heavy atom. The van der Waals surface area contributed by atoms with Gasteiger partial charge in [-0.3, -0.25) is 0 Å². The van der Waals surface area contributed by atoms with Gasteiger partial charge in [0.2, 0.25) is 0 Å². The van der Waals surface area contributed by atoms with Gasteiger partial charge in [0.15, 0.2) is 0 Å². The van der Waals surface area contributed by atoms with Gasteiger partial charge < -0.3 is 0 Å². The van der Waals surface area contributed by atoms with Crippen molar-refractivity contribution in [3.8, 4) is 22.3 Å². The quantitative estimate of drug-likeness (QED) is 0.151. The Bertz CT molecular complexity index is 2450. The molecule has 0 bridgehead atoms. The van der Waals surface area contributed by atoms with Gasteiger partial charge >= 0.3 is 294 Å². The molecule has 0 nitrogen and oxygen atoms in total. The summed E-state index contributed by atoms with van der Waals surface area (Å²) in [5, 5.41) is 5.22. The molecule has 0 saturated heterocycles. The first-order valence-corrected chi connectivity index (χ1v) is 35.4. The van der Waals surface area contributed by atoms with E-state index in [9.17, 15) is 0 Å². The van der Waals surface area contributed by atoms with Crippen LogP contribution >= 0.6 is 24.8 Å². The fourth-order valence-corrected chi connectivity index (χ4v) is 46.3. The van der Waals surface area contributed by atoms with E-state index in [0.717, 1.165) is 0 Å². The average Bonchev–Trinajstić information content (AvgIpc) is 3.68. The van der Waals surface area contributed by atoms with Crippen molar-refractivity contribution < 1.29 is 17.1 Å². The van der Waals surface area contributed by atoms with E-state index in [0.29, 0.717) is 7.35 Å². The Kier molecular flexibility index (Phi) is 9.30. The number of halogens is 2. The van der Waals surface area contributed by atoms with Crippen LogP contribution in [0, 0.1) is 0 Å². The second kappa shape index (κ2) is 13.3. The molecule has 7 aromatic carbocycles. The van der Waals surface area contributed by atoms with E-state index < -0.39 is 17.1 Å². The molecule has 2 aliphatic carbocycles. The average molecular weight is 884 g/mol. The Balaban J connectivity index is 0.00000203. The van der Waals surface area contributed by atoms with E-state index in [1.807, 2.05) is 0 Å². The van der Waals surface area contributed by atoms with Crippen molar-refractivity contribution in [2.75, 3.05) is 0 Å². The molecule has 2 atom stereocenters. The molecule has 0 spiro atoms. The molecule has 0 heterocycles. The first-order valence-electron chi connectivity index (χ1n) is 17.5. The van der Waals surface area contributed by atoms with E-state index in [4.69, 9.17) is 0 Å². The van der Waals surface area contributed by atoms with Gasteiger partial charge in [0.05, 0.1) is 0 Å². The fourth-order valence-electron chi connectivity index (χ4n) is 10.0. The van der Waals surface area contributed by atoms with E-state index in [2.05, 4.69) is 189 Å². The van der Waals surface area contributed by atoms with Gasteiger partial charge in [0.25, 0.3) is 0 Å². The SMILES string of the molecule is CC1=Cc2c(-c3cccc4ccccc34)cccc2[CH]1[Hf]([CH3])(=[SiH2])([c]1ccccc1)[CH]1C(C)=Cc2c(-c3cccc4ccccc34)cccc21.Cl.Cl. The molecule has 2 unspecified atom stereocenters. The summed E-state index contributed by atoms with van der Waals surface area (Å²) >= 11 is -4.35. The molecule has 0 fully saturated rings. The molecule has 252 valence electrons. The zero-order chi connectivity index (χ0) is 33.4. The van der Waals surface area contributed by atoms with E-state index in [-0.39, 0.29) is 24.8 Å². The van der Waals surface area contributed by atoms with Crippen molar-refractivity contribution in [2.45, 2.75) is 25.9 Å². The maximum absolute atomic E-state index is 4.35. The van der Waals surface area contributed by atoms with Gasteiger partial charge in [-0.2, -0.15) is 0 Å². The van der Waals surface area contributed by atoms with Crippen LogP contribution in [-0.4, -0.2) is 6.94 Å². The third-order valence-corrected chi connectivity index (χ3v) is 46.1. The molecule has 0 N–H and O–H groups in total. The summed E-state index contributed by atoms with van der Waals surface area (Å²) in [5.41, 5.74) is 14.3. The van der Waals surface area contributed by atoms with Crippen LogP contribution in [0.4, 0.5) is 0 Å². The number of hydrogen-bond acceptors (Lipinski definition) is 0. The second-order valence-electron chi connectivity index (χ2n) is 14.9. The normalized spacial score (nSPS) is 16.5. The van der Waals surface area contributed by atoms with Gasteiger partial charge in [-0.15, -0.1) is 24.8 Å². The van der Waals surface area contributed by atoms with E-state index in [1.54, 1.807) is 3.32 Å². The molecule has 0 radical (unpaired) electrons. The third kappa shape index (κ3) is 5.33. The van der Waals surface area contributed by atoms with Crippen molar-refractivity contribution in [2.24, 2.45) is 0 Å². The number of benzene rings is 7. The summed E-state index contributed by atoms with van der Waals surface area (Å²) in [4.78, 5) is 0. The number of allylic oxidation sites excluding steroid dienone is 2. The van der Waals surface area contributed by atoms with Gasteiger partial charge in [-0.05, 0) is 0 Å². The first-order chi connectivity index (χ1) is 23.8. The van der Waals surface area contributed by atoms with Crippen LogP contribution in [0.5, 0.6) is 0 Å². The van der Waals surface area contributed by atoms with Crippen LogP contribution in [-0.2, 0) is 17.1 Å². The molecule has 51 heavy (non-hydrogen) atoms. The fraction of sp³-hybridized carbons (Fsp3) is 0.106. The smallest absolute Gasteiger partial charge is 0.147 e. The Morgan fingerprint density at radius 3 is 1.27 bits per heavy atom. The number of fused-ring (bicyclic) bond motifs is 4. The van der Waals surface area contributed by atoms with Gasteiger partial charge in [-0.25, -0.2) is 0 Å². The summed E-state index contributed by atoms with van der Waals surface area (Å²) < 4.78 is 5.17. The zero-order valence-electron chi connectivity index (χ0n) is 29.3.